The Bertz CT molecular complexity index is 2700. The van der Waals surface area contributed by atoms with Gasteiger partial charge in [0.1, 0.15) is 11.5 Å². The zero-order chi connectivity index (χ0) is 36.9. The van der Waals surface area contributed by atoms with Gasteiger partial charge in [-0.2, -0.15) is 0 Å². The van der Waals surface area contributed by atoms with Crippen LogP contribution in [0.4, 0.5) is 0 Å². The van der Waals surface area contributed by atoms with E-state index in [1.165, 1.54) is 21.5 Å². The summed E-state index contributed by atoms with van der Waals surface area (Å²) < 4.78 is 17.1. The van der Waals surface area contributed by atoms with E-state index < -0.39 is 5.41 Å². The van der Waals surface area contributed by atoms with Gasteiger partial charge in [0, 0.05) is 21.5 Å². The molecule has 0 aliphatic carbocycles. The standard InChI is InChI=1S/C51H38N2O2/c1-54-49-31-29-37(33-47(49)52-43-25-13-9-21-39(43)40-22-10-14-26-44(40)52)51(35-17-5-3-6-18-35,36-19-7-4-8-20-36)38-30-32-50(55-2)48(34-38)53-45-27-15-11-23-41(45)42-24-12-16-28-46(42)53/h3-34H,1-2H3. The summed E-state index contributed by atoms with van der Waals surface area (Å²) >= 11 is 0. The molecule has 0 aliphatic heterocycles. The Hall–Kier alpha value is -7.04. The third-order valence-electron chi connectivity index (χ3n) is 11.3. The van der Waals surface area contributed by atoms with Crippen molar-refractivity contribution >= 4 is 43.6 Å². The average molecular weight is 711 g/mol. The zero-order valence-electron chi connectivity index (χ0n) is 30.7. The highest BCUT2D eigenvalue weighted by Crippen LogP contribution is 2.49. The Morgan fingerprint density at radius 3 is 0.964 bits per heavy atom. The molecule has 0 saturated carbocycles. The molecule has 0 saturated heterocycles. The van der Waals surface area contributed by atoms with E-state index >= 15 is 0 Å². The molecule has 0 atom stereocenters. The lowest BCUT2D eigenvalue weighted by molar-refractivity contribution is 0.413. The van der Waals surface area contributed by atoms with Crippen LogP contribution >= 0.6 is 0 Å². The summed E-state index contributed by atoms with van der Waals surface area (Å²) in [4.78, 5) is 0. The van der Waals surface area contributed by atoms with Crippen LogP contribution in [0.3, 0.4) is 0 Å². The van der Waals surface area contributed by atoms with Gasteiger partial charge in [0.05, 0.1) is 53.1 Å². The van der Waals surface area contributed by atoms with Crippen molar-refractivity contribution in [3.05, 3.63) is 216 Å². The predicted octanol–water partition coefficient (Wildman–Crippen LogP) is 12.3. The molecule has 2 heterocycles. The molecule has 0 unspecified atom stereocenters. The first-order valence-electron chi connectivity index (χ1n) is 18.7. The van der Waals surface area contributed by atoms with Crippen LogP contribution in [0.25, 0.3) is 55.0 Å². The number of ether oxygens (including phenoxy) is 2. The van der Waals surface area contributed by atoms with Crippen LogP contribution in [0.2, 0.25) is 0 Å². The fraction of sp³-hybridized carbons (Fsp3) is 0.0588. The monoisotopic (exact) mass is 710 g/mol. The van der Waals surface area contributed by atoms with E-state index in [-0.39, 0.29) is 0 Å². The molecule has 4 nitrogen and oxygen atoms in total. The van der Waals surface area contributed by atoms with Crippen molar-refractivity contribution in [2.24, 2.45) is 0 Å². The molecule has 10 aromatic rings. The fourth-order valence-corrected chi connectivity index (χ4v) is 8.94. The lowest BCUT2D eigenvalue weighted by Crippen LogP contribution is -2.31. The van der Waals surface area contributed by atoms with E-state index in [0.717, 1.165) is 67.2 Å². The molecule has 4 heteroatoms. The van der Waals surface area contributed by atoms with Crippen molar-refractivity contribution in [1.82, 2.24) is 9.13 Å². The van der Waals surface area contributed by atoms with Gasteiger partial charge in [0.15, 0.2) is 0 Å². The molecule has 8 aromatic carbocycles. The normalized spacial score (nSPS) is 11.8. The first kappa shape index (κ1) is 32.6. The summed E-state index contributed by atoms with van der Waals surface area (Å²) in [5, 5.41) is 4.81. The quantitative estimate of drug-likeness (QED) is 0.147. The first-order valence-corrected chi connectivity index (χ1v) is 18.7. The molecule has 0 amide bonds. The second kappa shape index (κ2) is 13.1. The van der Waals surface area contributed by atoms with Crippen molar-refractivity contribution < 1.29 is 9.47 Å². The van der Waals surface area contributed by atoms with Crippen LogP contribution in [0, 0.1) is 0 Å². The number of methoxy groups -OCH3 is 2. The molecule has 55 heavy (non-hydrogen) atoms. The van der Waals surface area contributed by atoms with E-state index in [4.69, 9.17) is 9.47 Å². The fourth-order valence-electron chi connectivity index (χ4n) is 8.94. The van der Waals surface area contributed by atoms with Gasteiger partial charge in [0.25, 0.3) is 0 Å². The maximum Gasteiger partial charge on any atom is 0.142 e. The molecule has 0 N–H and O–H groups in total. The van der Waals surface area contributed by atoms with Crippen LogP contribution in [-0.4, -0.2) is 23.4 Å². The Morgan fingerprint density at radius 2 is 0.636 bits per heavy atom. The molecule has 0 fully saturated rings. The Balaban J connectivity index is 1.33. The summed E-state index contributed by atoms with van der Waals surface area (Å²) in [7, 11) is 3.52. The number of para-hydroxylation sites is 4. The van der Waals surface area contributed by atoms with Crippen LogP contribution in [-0.2, 0) is 5.41 Å². The Labute approximate surface area is 320 Å². The SMILES string of the molecule is COc1ccc(C(c2ccccc2)(c2ccccc2)c2ccc(OC)c(-n3c4ccccc4c4ccccc43)c2)cc1-n1c2ccccc2c2ccccc21. The van der Waals surface area contributed by atoms with E-state index in [1.807, 2.05) is 0 Å². The van der Waals surface area contributed by atoms with Gasteiger partial charge in [-0.3, -0.25) is 0 Å². The molecule has 2 aromatic heterocycles. The zero-order valence-corrected chi connectivity index (χ0v) is 30.7. The maximum absolute atomic E-state index is 6.19. The van der Waals surface area contributed by atoms with Gasteiger partial charge in [-0.1, -0.05) is 146 Å². The summed E-state index contributed by atoms with van der Waals surface area (Å²) in [6.45, 7) is 0. The third kappa shape index (κ3) is 4.92. The first-order chi connectivity index (χ1) is 27.2. The second-order valence-corrected chi connectivity index (χ2v) is 14.0. The molecule has 0 spiro atoms. The number of aromatic nitrogens is 2. The van der Waals surface area contributed by atoms with E-state index in [2.05, 4.69) is 203 Å². The molecule has 264 valence electrons. The minimum Gasteiger partial charge on any atom is -0.495 e. The van der Waals surface area contributed by atoms with Gasteiger partial charge in [0.2, 0.25) is 0 Å². The minimum absolute atomic E-state index is 0.748. The smallest absolute Gasteiger partial charge is 0.142 e. The molecular formula is C51H38N2O2. The second-order valence-electron chi connectivity index (χ2n) is 14.0. The number of nitrogens with zero attached hydrogens (tertiary/aromatic N) is 2. The summed E-state index contributed by atoms with van der Waals surface area (Å²) in [6, 6.07) is 69.7. The predicted molar refractivity (Wildman–Crippen MR) is 227 cm³/mol. The highest BCUT2D eigenvalue weighted by Gasteiger charge is 2.40. The largest absolute Gasteiger partial charge is 0.495 e. The molecule has 0 bridgehead atoms. The Morgan fingerprint density at radius 1 is 0.327 bits per heavy atom. The topological polar surface area (TPSA) is 28.3 Å². The minimum atomic E-state index is -0.748. The lowest BCUT2D eigenvalue weighted by atomic mass is 9.65. The van der Waals surface area contributed by atoms with Crippen LogP contribution < -0.4 is 9.47 Å². The summed E-state index contributed by atoms with van der Waals surface area (Å²) in [5.74, 6) is 1.59. The lowest BCUT2D eigenvalue weighted by Gasteiger charge is -2.37. The van der Waals surface area contributed by atoms with Crippen molar-refractivity contribution in [3.63, 3.8) is 0 Å². The molecular weight excluding hydrogens is 673 g/mol. The third-order valence-corrected chi connectivity index (χ3v) is 11.3. The number of fused-ring (bicyclic) bond motifs is 6. The number of hydrogen-bond acceptors (Lipinski definition) is 2. The van der Waals surface area contributed by atoms with Crippen LogP contribution in [0.5, 0.6) is 11.5 Å². The molecule has 10 rings (SSSR count). The van der Waals surface area contributed by atoms with E-state index in [1.54, 1.807) is 14.2 Å². The van der Waals surface area contributed by atoms with Gasteiger partial charge < -0.3 is 18.6 Å². The highest BCUT2D eigenvalue weighted by molar-refractivity contribution is 6.10. The van der Waals surface area contributed by atoms with Gasteiger partial charge in [-0.15, -0.1) is 0 Å². The van der Waals surface area contributed by atoms with E-state index in [0.29, 0.717) is 0 Å². The highest BCUT2D eigenvalue weighted by atomic mass is 16.5. The molecule has 0 aliphatic rings. The maximum atomic E-state index is 6.19. The number of hydrogen-bond donors (Lipinski definition) is 0. The van der Waals surface area contributed by atoms with Crippen molar-refractivity contribution in [3.8, 4) is 22.9 Å². The number of benzene rings is 8. The van der Waals surface area contributed by atoms with Gasteiger partial charge in [-0.05, 0) is 70.8 Å². The van der Waals surface area contributed by atoms with E-state index in [9.17, 15) is 0 Å². The van der Waals surface area contributed by atoms with Gasteiger partial charge in [-0.25, -0.2) is 0 Å². The van der Waals surface area contributed by atoms with Crippen LogP contribution in [0.1, 0.15) is 22.3 Å². The summed E-state index contributed by atoms with van der Waals surface area (Å²) in [5.41, 5.74) is 10.2. The average Bonchev–Trinajstić information content (AvgIpc) is 3.78. The Kier molecular flexibility index (Phi) is 7.77. The van der Waals surface area contributed by atoms with Crippen LogP contribution in [0.15, 0.2) is 194 Å². The van der Waals surface area contributed by atoms with Crippen molar-refractivity contribution in [1.29, 1.82) is 0 Å². The van der Waals surface area contributed by atoms with Gasteiger partial charge >= 0.3 is 0 Å². The van der Waals surface area contributed by atoms with Crippen molar-refractivity contribution in [2.75, 3.05) is 14.2 Å². The summed E-state index contributed by atoms with van der Waals surface area (Å²) in [6.07, 6.45) is 0. The molecule has 0 radical (unpaired) electrons. The van der Waals surface area contributed by atoms with Crippen molar-refractivity contribution in [2.45, 2.75) is 5.41 Å². The number of rotatable bonds is 8.